The summed E-state index contributed by atoms with van der Waals surface area (Å²) in [5.41, 5.74) is 2.49. The van der Waals surface area contributed by atoms with Gasteiger partial charge < -0.3 is 4.42 Å². The molecule has 0 bridgehead atoms. The van der Waals surface area contributed by atoms with Crippen molar-refractivity contribution in [1.29, 1.82) is 0 Å². The summed E-state index contributed by atoms with van der Waals surface area (Å²) >= 11 is 0. The number of para-hydroxylation sites is 1. The minimum atomic E-state index is -3.89. The molecule has 2 aromatic heterocycles. The van der Waals surface area contributed by atoms with Crippen LogP contribution in [0.2, 0.25) is 0 Å². The third-order valence-electron chi connectivity index (χ3n) is 4.69. The predicted molar refractivity (Wildman–Crippen MR) is 108 cm³/mol. The van der Waals surface area contributed by atoms with Gasteiger partial charge in [0.05, 0.1) is 16.8 Å². The minimum absolute atomic E-state index is 0.0975. The Morgan fingerprint density at radius 1 is 1.11 bits per heavy atom. The average Bonchev–Trinajstić information content (AvgIpc) is 2.96. The summed E-state index contributed by atoms with van der Waals surface area (Å²) in [6, 6.07) is 12.0. The van der Waals surface area contributed by atoms with Crippen LogP contribution >= 0.6 is 0 Å². The fraction of sp³-hybridized carbons (Fsp3) is 0.143. The second-order valence-corrected chi connectivity index (χ2v) is 8.34. The number of benzene rings is 2. The molecule has 0 spiro atoms. The van der Waals surface area contributed by atoms with Crippen molar-refractivity contribution >= 4 is 43.4 Å². The van der Waals surface area contributed by atoms with Gasteiger partial charge in [-0.3, -0.25) is 14.5 Å². The van der Waals surface area contributed by atoms with Crippen LogP contribution in [0.3, 0.4) is 0 Å². The molecule has 4 rings (SSSR count). The van der Waals surface area contributed by atoms with Crippen LogP contribution in [0.4, 0.5) is 5.69 Å². The molecule has 0 amide bonds. The lowest BCUT2D eigenvalue weighted by Crippen LogP contribution is -2.14. The molecule has 0 radical (unpaired) electrons. The Morgan fingerprint density at radius 2 is 1.86 bits per heavy atom. The van der Waals surface area contributed by atoms with Gasteiger partial charge >= 0.3 is 0 Å². The molecule has 0 aliphatic rings. The predicted octanol–water partition coefficient (Wildman–Crippen LogP) is 4.60. The van der Waals surface area contributed by atoms with Gasteiger partial charge in [-0.25, -0.2) is 8.42 Å². The molecule has 6 nitrogen and oxygen atoms in total. The molecule has 2 heterocycles. The van der Waals surface area contributed by atoms with Crippen molar-refractivity contribution in [2.75, 3.05) is 4.72 Å². The van der Waals surface area contributed by atoms with Gasteiger partial charge in [0.2, 0.25) is 0 Å². The zero-order chi connectivity index (χ0) is 20.1. The molecule has 0 atom stereocenters. The van der Waals surface area contributed by atoms with Crippen molar-refractivity contribution < 1.29 is 17.6 Å². The molecule has 4 aromatic rings. The number of rotatable bonds is 4. The summed E-state index contributed by atoms with van der Waals surface area (Å²) in [7, 11) is -3.89. The van der Waals surface area contributed by atoms with Crippen molar-refractivity contribution in [3.63, 3.8) is 0 Å². The molecule has 0 saturated carbocycles. The maximum Gasteiger partial charge on any atom is 0.264 e. The number of sulfonamides is 1. The SMILES string of the molecule is CC(=O)c1c(C)oc2cc(C)c(NS(=O)(=O)c3cccc4cccnc34)cc12. The number of pyridine rings is 1. The second kappa shape index (κ2) is 6.45. The fourth-order valence-electron chi connectivity index (χ4n) is 3.41. The smallest absolute Gasteiger partial charge is 0.264 e. The molecule has 0 unspecified atom stereocenters. The van der Waals surface area contributed by atoms with Gasteiger partial charge in [-0.05, 0) is 50.6 Å². The van der Waals surface area contributed by atoms with Crippen LogP contribution in [0.25, 0.3) is 21.9 Å². The molecule has 0 aliphatic carbocycles. The highest BCUT2D eigenvalue weighted by Gasteiger charge is 2.21. The maximum absolute atomic E-state index is 13.1. The lowest BCUT2D eigenvalue weighted by Gasteiger charge is -2.12. The number of carbonyl (C=O) groups excluding carboxylic acids is 1. The van der Waals surface area contributed by atoms with Crippen LogP contribution in [-0.4, -0.2) is 19.2 Å². The number of Topliss-reactive ketones (excluding diaryl/α,β-unsaturated/α-hetero) is 1. The third kappa shape index (κ3) is 2.93. The molecule has 142 valence electrons. The Bertz CT molecular complexity index is 1350. The van der Waals surface area contributed by atoms with E-state index in [1.165, 1.54) is 13.0 Å². The molecule has 2 aromatic carbocycles. The minimum Gasteiger partial charge on any atom is -0.461 e. The van der Waals surface area contributed by atoms with Crippen molar-refractivity contribution in [2.24, 2.45) is 0 Å². The third-order valence-corrected chi connectivity index (χ3v) is 6.09. The second-order valence-electron chi connectivity index (χ2n) is 6.69. The Morgan fingerprint density at radius 3 is 2.61 bits per heavy atom. The molecule has 0 aliphatic heterocycles. The number of carbonyl (C=O) groups is 1. The van der Waals surface area contributed by atoms with Gasteiger partial charge in [0.25, 0.3) is 10.0 Å². The molecule has 1 N–H and O–H groups in total. The zero-order valence-electron chi connectivity index (χ0n) is 15.6. The van der Waals surface area contributed by atoms with E-state index in [0.29, 0.717) is 39.1 Å². The highest BCUT2D eigenvalue weighted by atomic mass is 32.2. The maximum atomic E-state index is 13.1. The first-order chi connectivity index (χ1) is 13.3. The van der Waals surface area contributed by atoms with Crippen molar-refractivity contribution in [2.45, 2.75) is 25.7 Å². The topological polar surface area (TPSA) is 89.3 Å². The van der Waals surface area contributed by atoms with Gasteiger partial charge in [0.1, 0.15) is 16.2 Å². The number of ketones is 1. The number of aromatic nitrogens is 1. The average molecular weight is 394 g/mol. The van der Waals surface area contributed by atoms with Gasteiger partial charge in [-0.2, -0.15) is 0 Å². The van der Waals surface area contributed by atoms with Crippen LogP contribution in [0.5, 0.6) is 0 Å². The van der Waals surface area contributed by atoms with E-state index in [4.69, 9.17) is 4.42 Å². The van der Waals surface area contributed by atoms with Gasteiger partial charge in [-0.15, -0.1) is 0 Å². The summed E-state index contributed by atoms with van der Waals surface area (Å²) in [5, 5.41) is 1.33. The Labute approximate surface area is 162 Å². The number of fused-ring (bicyclic) bond motifs is 2. The standard InChI is InChI=1S/C21H18N2O4S/c1-12-10-18-16(20(13(2)24)14(3)27-18)11-17(12)23-28(25,26)19-8-4-6-15-7-5-9-22-21(15)19/h4-11,23H,1-3H3. The summed E-state index contributed by atoms with van der Waals surface area (Å²) in [6.45, 7) is 4.96. The van der Waals surface area contributed by atoms with Crippen molar-refractivity contribution in [3.8, 4) is 0 Å². The number of anilines is 1. The van der Waals surface area contributed by atoms with E-state index in [1.807, 2.05) is 12.1 Å². The highest BCUT2D eigenvalue weighted by Crippen LogP contribution is 2.32. The van der Waals surface area contributed by atoms with Gasteiger partial charge in [0.15, 0.2) is 5.78 Å². The Hall–Kier alpha value is -3.19. The van der Waals surface area contributed by atoms with Crippen molar-refractivity contribution in [3.05, 3.63) is 65.5 Å². The van der Waals surface area contributed by atoms with E-state index in [0.717, 1.165) is 5.39 Å². The van der Waals surface area contributed by atoms with Crippen LogP contribution in [0.1, 0.15) is 28.6 Å². The van der Waals surface area contributed by atoms with E-state index in [9.17, 15) is 13.2 Å². The Kier molecular flexibility index (Phi) is 4.19. The van der Waals surface area contributed by atoms with Crippen LogP contribution in [-0.2, 0) is 10.0 Å². The zero-order valence-corrected chi connectivity index (χ0v) is 16.4. The van der Waals surface area contributed by atoms with Crippen LogP contribution < -0.4 is 4.72 Å². The number of furan rings is 1. The number of hydrogen-bond donors (Lipinski definition) is 1. The summed E-state index contributed by atoms with van der Waals surface area (Å²) in [6.07, 6.45) is 1.56. The lowest BCUT2D eigenvalue weighted by atomic mass is 10.1. The van der Waals surface area contributed by atoms with Crippen LogP contribution in [0, 0.1) is 13.8 Å². The van der Waals surface area contributed by atoms with Gasteiger partial charge in [-0.1, -0.05) is 18.2 Å². The first-order valence-corrected chi connectivity index (χ1v) is 10.2. The van der Waals surface area contributed by atoms with Crippen LogP contribution in [0.15, 0.2) is 58.0 Å². The largest absolute Gasteiger partial charge is 0.461 e. The molecule has 7 heteroatoms. The quantitative estimate of drug-likeness (QED) is 0.511. The first kappa shape index (κ1) is 18.2. The number of aryl methyl sites for hydroxylation is 2. The Balaban J connectivity index is 1.86. The summed E-state index contributed by atoms with van der Waals surface area (Å²) in [5.74, 6) is 0.382. The van der Waals surface area contributed by atoms with E-state index < -0.39 is 10.0 Å². The van der Waals surface area contributed by atoms with E-state index in [1.54, 1.807) is 44.3 Å². The summed E-state index contributed by atoms with van der Waals surface area (Å²) in [4.78, 5) is 16.3. The van der Waals surface area contributed by atoms with E-state index in [-0.39, 0.29) is 10.7 Å². The number of nitrogens with one attached hydrogen (secondary N) is 1. The monoisotopic (exact) mass is 394 g/mol. The normalized spacial score (nSPS) is 11.8. The van der Waals surface area contributed by atoms with E-state index in [2.05, 4.69) is 9.71 Å². The summed E-state index contributed by atoms with van der Waals surface area (Å²) < 4.78 is 34.5. The highest BCUT2D eigenvalue weighted by molar-refractivity contribution is 7.93. The van der Waals surface area contributed by atoms with Gasteiger partial charge in [0, 0.05) is 17.0 Å². The van der Waals surface area contributed by atoms with Crippen molar-refractivity contribution in [1.82, 2.24) is 4.98 Å². The molecule has 0 saturated heterocycles. The fourth-order valence-corrected chi connectivity index (χ4v) is 4.71. The molecule has 0 fully saturated rings. The number of nitrogens with zero attached hydrogens (tertiary/aromatic N) is 1. The molecule has 28 heavy (non-hydrogen) atoms. The molecular formula is C21H18N2O4S. The first-order valence-electron chi connectivity index (χ1n) is 8.69. The lowest BCUT2D eigenvalue weighted by molar-refractivity contribution is 0.101. The van der Waals surface area contributed by atoms with E-state index >= 15 is 0 Å². The number of hydrogen-bond acceptors (Lipinski definition) is 5. The molecular weight excluding hydrogens is 376 g/mol.